The predicted octanol–water partition coefficient (Wildman–Crippen LogP) is 1.39. The number of nitrogens with two attached hydrogens (primary N) is 1. The second kappa shape index (κ2) is 5.67. The lowest BCUT2D eigenvalue weighted by Gasteiger charge is -2.23. The molecule has 0 aliphatic carbocycles. The number of thiophene rings is 1. The molecule has 3 N–H and O–H groups in total. The number of hydrogen-bond donors (Lipinski definition) is 2. The first kappa shape index (κ1) is 13.5. The number of hydrogen-bond acceptors (Lipinski definition) is 4. The van der Waals surface area contributed by atoms with Gasteiger partial charge in [0.1, 0.15) is 4.88 Å². The van der Waals surface area contributed by atoms with Crippen LogP contribution in [0.3, 0.4) is 0 Å². The van der Waals surface area contributed by atoms with Crippen LogP contribution in [0, 0.1) is 5.92 Å². The third-order valence-electron chi connectivity index (χ3n) is 2.09. The van der Waals surface area contributed by atoms with Crippen molar-refractivity contribution in [1.82, 2.24) is 0 Å². The molecule has 0 bridgehead atoms. The van der Waals surface area contributed by atoms with Crippen LogP contribution in [0.4, 0.5) is 5.69 Å². The standard InChI is InChI=1S/C11H16N2O3S/c1-7(2)4-13(5-10(12)14)8-3-9(11(15)16)17-6-8/h3,6-7H,4-5H2,1-2H3,(H2,12,14)(H,15,16). The zero-order valence-electron chi connectivity index (χ0n) is 9.84. The summed E-state index contributed by atoms with van der Waals surface area (Å²) in [6.45, 7) is 4.82. The Balaban J connectivity index is 2.87. The molecule has 1 aromatic heterocycles. The molecule has 0 radical (unpaired) electrons. The summed E-state index contributed by atoms with van der Waals surface area (Å²) in [6.07, 6.45) is 0. The Morgan fingerprint density at radius 2 is 2.18 bits per heavy atom. The maximum atomic E-state index is 11.0. The molecule has 0 aliphatic rings. The zero-order valence-corrected chi connectivity index (χ0v) is 10.7. The quantitative estimate of drug-likeness (QED) is 0.805. The van der Waals surface area contributed by atoms with Gasteiger partial charge in [-0.1, -0.05) is 13.8 Å². The predicted molar refractivity (Wildman–Crippen MR) is 67.5 cm³/mol. The maximum Gasteiger partial charge on any atom is 0.345 e. The molecule has 0 atom stereocenters. The Kier molecular flexibility index (Phi) is 4.51. The minimum Gasteiger partial charge on any atom is -0.477 e. The number of primary amides is 1. The van der Waals surface area contributed by atoms with E-state index in [0.29, 0.717) is 12.5 Å². The normalized spacial score (nSPS) is 10.5. The van der Waals surface area contributed by atoms with Crippen LogP contribution in [0.2, 0.25) is 0 Å². The fraction of sp³-hybridized carbons (Fsp3) is 0.455. The van der Waals surface area contributed by atoms with E-state index in [-0.39, 0.29) is 11.4 Å². The molecule has 0 saturated heterocycles. The third-order valence-corrected chi connectivity index (χ3v) is 3.00. The van der Waals surface area contributed by atoms with Gasteiger partial charge in [0, 0.05) is 17.6 Å². The first-order valence-corrected chi connectivity index (χ1v) is 6.13. The number of anilines is 1. The molecule has 17 heavy (non-hydrogen) atoms. The maximum absolute atomic E-state index is 11.0. The summed E-state index contributed by atoms with van der Waals surface area (Å²) in [5.41, 5.74) is 5.92. The summed E-state index contributed by atoms with van der Waals surface area (Å²) in [7, 11) is 0. The Hall–Kier alpha value is -1.56. The van der Waals surface area contributed by atoms with E-state index in [9.17, 15) is 9.59 Å². The topological polar surface area (TPSA) is 83.6 Å². The molecule has 6 heteroatoms. The van der Waals surface area contributed by atoms with Gasteiger partial charge in [0.25, 0.3) is 0 Å². The van der Waals surface area contributed by atoms with Crippen LogP contribution in [0.25, 0.3) is 0 Å². The van der Waals surface area contributed by atoms with Gasteiger partial charge in [0.15, 0.2) is 0 Å². The van der Waals surface area contributed by atoms with Crippen LogP contribution in [-0.4, -0.2) is 30.1 Å². The molecule has 1 aromatic rings. The molecule has 0 aromatic carbocycles. The van der Waals surface area contributed by atoms with Crippen molar-refractivity contribution in [3.05, 3.63) is 16.3 Å². The van der Waals surface area contributed by atoms with Crippen LogP contribution in [0.5, 0.6) is 0 Å². The van der Waals surface area contributed by atoms with Crippen molar-refractivity contribution in [1.29, 1.82) is 0 Å². The summed E-state index contributed by atoms with van der Waals surface area (Å²) < 4.78 is 0. The minimum atomic E-state index is -0.954. The summed E-state index contributed by atoms with van der Waals surface area (Å²) in [4.78, 5) is 23.8. The Morgan fingerprint density at radius 3 is 2.59 bits per heavy atom. The highest BCUT2D eigenvalue weighted by Crippen LogP contribution is 2.23. The van der Waals surface area contributed by atoms with Gasteiger partial charge in [-0.25, -0.2) is 4.79 Å². The lowest BCUT2D eigenvalue weighted by Crippen LogP contribution is -2.36. The summed E-state index contributed by atoms with van der Waals surface area (Å²) >= 11 is 1.15. The van der Waals surface area contributed by atoms with Crippen LogP contribution >= 0.6 is 11.3 Å². The van der Waals surface area contributed by atoms with Crippen molar-refractivity contribution in [2.45, 2.75) is 13.8 Å². The van der Waals surface area contributed by atoms with Gasteiger partial charge < -0.3 is 15.7 Å². The van der Waals surface area contributed by atoms with E-state index in [1.165, 1.54) is 0 Å². The van der Waals surface area contributed by atoms with Crippen molar-refractivity contribution in [3.63, 3.8) is 0 Å². The van der Waals surface area contributed by atoms with Crippen molar-refractivity contribution >= 4 is 28.9 Å². The van der Waals surface area contributed by atoms with Gasteiger partial charge in [0.05, 0.1) is 6.54 Å². The zero-order chi connectivity index (χ0) is 13.0. The van der Waals surface area contributed by atoms with E-state index in [1.807, 2.05) is 13.8 Å². The van der Waals surface area contributed by atoms with E-state index in [1.54, 1.807) is 16.3 Å². The average molecular weight is 256 g/mol. The highest BCUT2D eigenvalue weighted by molar-refractivity contribution is 7.12. The lowest BCUT2D eigenvalue weighted by atomic mass is 10.2. The molecule has 1 amide bonds. The second-order valence-electron chi connectivity index (χ2n) is 4.21. The van der Waals surface area contributed by atoms with E-state index in [4.69, 9.17) is 10.8 Å². The Morgan fingerprint density at radius 1 is 1.53 bits per heavy atom. The molecule has 0 aliphatic heterocycles. The van der Waals surface area contributed by atoms with Gasteiger partial charge in [-0.3, -0.25) is 4.79 Å². The fourth-order valence-electron chi connectivity index (χ4n) is 1.49. The first-order valence-electron chi connectivity index (χ1n) is 5.25. The van der Waals surface area contributed by atoms with E-state index in [2.05, 4.69) is 0 Å². The molecule has 1 heterocycles. The third kappa shape index (κ3) is 4.07. The second-order valence-corrected chi connectivity index (χ2v) is 5.13. The number of carbonyl (C=O) groups excluding carboxylic acids is 1. The van der Waals surface area contributed by atoms with Crippen LogP contribution in [-0.2, 0) is 4.79 Å². The number of rotatable bonds is 6. The fourth-order valence-corrected chi connectivity index (χ4v) is 2.25. The number of aromatic carboxylic acids is 1. The molecule has 0 spiro atoms. The van der Waals surface area contributed by atoms with Crippen LogP contribution < -0.4 is 10.6 Å². The molecule has 0 unspecified atom stereocenters. The van der Waals surface area contributed by atoms with Gasteiger partial charge in [0.2, 0.25) is 5.91 Å². The monoisotopic (exact) mass is 256 g/mol. The summed E-state index contributed by atoms with van der Waals surface area (Å²) in [6, 6.07) is 1.57. The van der Waals surface area contributed by atoms with Gasteiger partial charge in [-0.05, 0) is 12.0 Å². The van der Waals surface area contributed by atoms with Gasteiger partial charge in [-0.15, -0.1) is 11.3 Å². The highest BCUT2D eigenvalue weighted by atomic mass is 32.1. The first-order chi connectivity index (χ1) is 7.90. The van der Waals surface area contributed by atoms with Crippen LogP contribution in [0.15, 0.2) is 11.4 Å². The largest absolute Gasteiger partial charge is 0.477 e. The van der Waals surface area contributed by atoms with Gasteiger partial charge >= 0.3 is 5.97 Å². The molecule has 5 nitrogen and oxygen atoms in total. The van der Waals surface area contributed by atoms with E-state index >= 15 is 0 Å². The smallest absolute Gasteiger partial charge is 0.345 e. The number of carboxylic acids is 1. The molecule has 94 valence electrons. The van der Waals surface area contributed by atoms with Crippen molar-refractivity contribution in [3.8, 4) is 0 Å². The number of carbonyl (C=O) groups is 2. The Labute approximate surface area is 104 Å². The van der Waals surface area contributed by atoms with Crippen molar-refractivity contribution in [2.75, 3.05) is 18.0 Å². The van der Waals surface area contributed by atoms with Gasteiger partial charge in [-0.2, -0.15) is 0 Å². The lowest BCUT2D eigenvalue weighted by molar-refractivity contribution is -0.116. The molecule has 0 saturated carbocycles. The van der Waals surface area contributed by atoms with E-state index < -0.39 is 11.9 Å². The van der Waals surface area contributed by atoms with Crippen molar-refractivity contribution < 1.29 is 14.7 Å². The number of amides is 1. The SMILES string of the molecule is CC(C)CN(CC(N)=O)c1csc(C(=O)O)c1. The van der Waals surface area contributed by atoms with Crippen LogP contribution in [0.1, 0.15) is 23.5 Å². The summed E-state index contributed by atoms with van der Waals surface area (Å²) in [5, 5.41) is 10.6. The number of nitrogens with zero attached hydrogens (tertiary/aromatic N) is 1. The van der Waals surface area contributed by atoms with E-state index in [0.717, 1.165) is 17.0 Å². The molecule has 1 rings (SSSR count). The average Bonchev–Trinajstić information content (AvgIpc) is 2.63. The molecular weight excluding hydrogens is 240 g/mol. The minimum absolute atomic E-state index is 0.105. The highest BCUT2D eigenvalue weighted by Gasteiger charge is 2.15. The summed E-state index contributed by atoms with van der Waals surface area (Å²) in [5.74, 6) is -1.01. The van der Waals surface area contributed by atoms with Crippen molar-refractivity contribution in [2.24, 2.45) is 11.7 Å². The molecular formula is C11H16N2O3S. The molecule has 0 fully saturated rings. The number of carboxylic acid groups (broad SMARTS) is 1. The Bertz CT molecular complexity index is 415.